The van der Waals surface area contributed by atoms with E-state index in [1.165, 1.54) is 11.1 Å². The average molecular weight is 376 g/mol. The molecule has 2 aromatic carbocycles. The van der Waals surface area contributed by atoms with Crippen LogP contribution in [0.4, 0.5) is 0 Å². The average Bonchev–Trinajstić information content (AvgIpc) is 3.39. The summed E-state index contributed by atoms with van der Waals surface area (Å²) in [4.78, 5) is 4.48. The maximum atomic E-state index is 5.43. The number of aryl methyl sites for hydroxylation is 2. The third kappa shape index (κ3) is 3.34. The number of nitrogens with zero attached hydrogens (tertiary/aromatic N) is 3. The molecule has 0 radical (unpaired) electrons. The predicted octanol–water partition coefficient (Wildman–Crippen LogP) is 4.43. The van der Waals surface area contributed by atoms with Crippen LogP contribution in [0.3, 0.4) is 0 Å². The molecule has 0 amide bonds. The maximum absolute atomic E-state index is 5.43. The van der Waals surface area contributed by atoms with Crippen LogP contribution < -0.4 is 9.47 Å². The molecule has 0 saturated heterocycles. The van der Waals surface area contributed by atoms with E-state index in [2.05, 4.69) is 46.3 Å². The van der Waals surface area contributed by atoms with Crippen molar-refractivity contribution in [2.24, 2.45) is 0 Å². The van der Waals surface area contributed by atoms with Crippen LogP contribution >= 0.6 is 0 Å². The number of rotatable bonds is 5. The lowest BCUT2D eigenvalue weighted by atomic mass is 10.0. The van der Waals surface area contributed by atoms with Crippen molar-refractivity contribution in [2.75, 3.05) is 14.2 Å². The van der Waals surface area contributed by atoms with E-state index in [-0.39, 0.29) is 0 Å². The Balaban J connectivity index is 1.65. The zero-order valence-electron chi connectivity index (χ0n) is 16.1. The Morgan fingerprint density at radius 2 is 1.61 bits per heavy atom. The SMILES string of the molecule is COc1cc(OC)cc(-c2noc(-c3cc(-c4ccc(C)c(C)c4)n[nH]3)n2)c1. The Bertz CT molecular complexity index is 1110. The number of nitrogens with one attached hydrogen (secondary N) is 1. The molecule has 0 atom stereocenters. The fourth-order valence-corrected chi connectivity index (χ4v) is 2.87. The summed E-state index contributed by atoms with van der Waals surface area (Å²) in [6.45, 7) is 4.17. The molecule has 4 aromatic rings. The molecule has 0 saturated carbocycles. The Hall–Kier alpha value is -3.61. The standard InChI is InChI=1S/C21H20N4O3/c1-12-5-6-14(7-13(12)2)18-11-19(24-23-18)21-22-20(25-28-21)15-8-16(26-3)10-17(9-15)27-4/h5-11H,1-4H3,(H,23,24). The predicted molar refractivity (Wildman–Crippen MR) is 105 cm³/mol. The van der Waals surface area contributed by atoms with Crippen LogP contribution in [0.2, 0.25) is 0 Å². The van der Waals surface area contributed by atoms with E-state index in [1.54, 1.807) is 20.3 Å². The van der Waals surface area contributed by atoms with Gasteiger partial charge in [0.05, 0.1) is 19.9 Å². The molecule has 0 spiro atoms. The monoisotopic (exact) mass is 376 g/mol. The lowest BCUT2D eigenvalue weighted by molar-refractivity contribution is 0.394. The number of benzene rings is 2. The summed E-state index contributed by atoms with van der Waals surface area (Å²) in [6, 6.07) is 13.6. The van der Waals surface area contributed by atoms with Crippen LogP contribution in [0.25, 0.3) is 34.2 Å². The summed E-state index contributed by atoms with van der Waals surface area (Å²) < 4.78 is 16.0. The van der Waals surface area contributed by atoms with Crippen LogP contribution in [0, 0.1) is 13.8 Å². The van der Waals surface area contributed by atoms with Gasteiger partial charge in [0.1, 0.15) is 17.2 Å². The van der Waals surface area contributed by atoms with E-state index in [0.29, 0.717) is 28.9 Å². The van der Waals surface area contributed by atoms with Gasteiger partial charge in [0, 0.05) is 17.2 Å². The van der Waals surface area contributed by atoms with Gasteiger partial charge in [0.25, 0.3) is 5.89 Å². The Morgan fingerprint density at radius 1 is 0.857 bits per heavy atom. The topological polar surface area (TPSA) is 86.1 Å². The number of hydrogen-bond acceptors (Lipinski definition) is 6. The van der Waals surface area contributed by atoms with Gasteiger partial charge in [-0.3, -0.25) is 5.10 Å². The van der Waals surface area contributed by atoms with Gasteiger partial charge in [-0.15, -0.1) is 0 Å². The molecule has 7 nitrogen and oxygen atoms in total. The molecule has 28 heavy (non-hydrogen) atoms. The van der Waals surface area contributed by atoms with E-state index in [9.17, 15) is 0 Å². The first-order valence-electron chi connectivity index (χ1n) is 8.78. The summed E-state index contributed by atoms with van der Waals surface area (Å²) in [7, 11) is 3.19. The second-order valence-corrected chi connectivity index (χ2v) is 6.49. The number of aromatic nitrogens is 4. The highest BCUT2D eigenvalue weighted by Gasteiger charge is 2.15. The highest BCUT2D eigenvalue weighted by molar-refractivity contribution is 5.67. The van der Waals surface area contributed by atoms with Crippen molar-refractivity contribution < 1.29 is 14.0 Å². The minimum absolute atomic E-state index is 0.361. The van der Waals surface area contributed by atoms with Gasteiger partial charge in [0.2, 0.25) is 5.82 Å². The molecule has 0 bridgehead atoms. The minimum Gasteiger partial charge on any atom is -0.497 e. The van der Waals surface area contributed by atoms with Crippen molar-refractivity contribution in [1.29, 1.82) is 0 Å². The number of hydrogen-bond donors (Lipinski definition) is 1. The van der Waals surface area contributed by atoms with Gasteiger partial charge in [-0.25, -0.2) is 0 Å². The summed E-state index contributed by atoms with van der Waals surface area (Å²) in [5, 5.41) is 11.4. The Morgan fingerprint density at radius 3 is 2.29 bits per heavy atom. The van der Waals surface area contributed by atoms with Gasteiger partial charge < -0.3 is 14.0 Å². The van der Waals surface area contributed by atoms with Gasteiger partial charge in [0.15, 0.2) is 0 Å². The van der Waals surface area contributed by atoms with E-state index in [0.717, 1.165) is 16.8 Å². The molecule has 0 aliphatic rings. The largest absolute Gasteiger partial charge is 0.497 e. The quantitative estimate of drug-likeness (QED) is 0.555. The molecule has 0 unspecified atom stereocenters. The third-order valence-corrected chi connectivity index (χ3v) is 4.65. The minimum atomic E-state index is 0.361. The van der Waals surface area contributed by atoms with Crippen molar-refractivity contribution in [3.8, 4) is 45.7 Å². The highest BCUT2D eigenvalue weighted by atomic mass is 16.5. The maximum Gasteiger partial charge on any atom is 0.276 e. The smallest absolute Gasteiger partial charge is 0.276 e. The molecule has 7 heteroatoms. The first-order chi connectivity index (χ1) is 13.6. The molecule has 142 valence electrons. The number of H-pyrrole nitrogens is 1. The second kappa shape index (κ2) is 7.19. The first-order valence-corrected chi connectivity index (χ1v) is 8.78. The van der Waals surface area contributed by atoms with E-state index in [1.807, 2.05) is 24.3 Å². The van der Waals surface area contributed by atoms with Crippen molar-refractivity contribution in [1.82, 2.24) is 20.3 Å². The zero-order chi connectivity index (χ0) is 19.7. The molecular weight excluding hydrogens is 356 g/mol. The Kier molecular flexibility index (Phi) is 4.57. The highest BCUT2D eigenvalue weighted by Crippen LogP contribution is 2.30. The number of aromatic amines is 1. The summed E-state index contributed by atoms with van der Waals surface area (Å²) in [6.07, 6.45) is 0. The second-order valence-electron chi connectivity index (χ2n) is 6.49. The lowest BCUT2D eigenvalue weighted by Gasteiger charge is -2.05. The van der Waals surface area contributed by atoms with Crippen molar-refractivity contribution in [3.05, 3.63) is 53.6 Å². The summed E-state index contributed by atoms with van der Waals surface area (Å²) in [5.41, 5.74) is 5.70. The molecule has 0 fully saturated rings. The zero-order valence-corrected chi connectivity index (χ0v) is 16.1. The van der Waals surface area contributed by atoms with Crippen LogP contribution in [0.1, 0.15) is 11.1 Å². The van der Waals surface area contributed by atoms with E-state index < -0.39 is 0 Å². The fourth-order valence-electron chi connectivity index (χ4n) is 2.87. The van der Waals surface area contributed by atoms with Gasteiger partial charge in [-0.1, -0.05) is 17.3 Å². The molecule has 2 heterocycles. The number of methoxy groups -OCH3 is 2. The van der Waals surface area contributed by atoms with Crippen LogP contribution in [0.15, 0.2) is 47.0 Å². The third-order valence-electron chi connectivity index (χ3n) is 4.65. The fraction of sp³-hybridized carbons (Fsp3) is 0.190. The van der Waals surface area contributed by atoms with Crippen LogP contribution in [-0.2, 0) is 0 Å². The van der Waals surface area contributed by atoms with E-state index in [4.69, 9.17) is 14.0 Å². The van der Waals surface area contributed by atoms with Crippen LogP contribution in [-0.4, -0.2) is 34.6 Å². The molecule has 4 rings (SSSR count). The van der Waals surface area contributed by atoms with Gasteiger partial charge in [-0.05, 0) is 49.2 Å². The summed E-state index contributed by atoms with van der Waals surface area (Å²) in [5.74, 6) is 2.10. The molecule has 1 N–H and O–H groups in total. The van der Waals surface area contributed by atoms with Crippen molar-refractivity contribution >= 4 is 0 Å². The number of ether oxygens (including phenoxy) is 2. The molecule has 0 aliphatic carbocycles. The van der Waals surface area contributed by atoms with Crippen LogP contribution in [0.5, 0.6) is 11.5 Å². The van der Waals surface area contributed by atoms with Gasteiger partial charge >= 0.3 is 0 Å². The van der Waals surface area contributed by atoms with Crippen molar-refractivity contribution in [2.45, 2.75) is 13.8 Å². The lowest BCUT2D eigenvalue weighted by Crippen LogP contribution is -1.89. The van der Waals surface area contributed by atoms with E-state index >= 15 is 0 Å². The van der Waals surface area contributed by atoms with Crippen molar-refractivity contribution in [3.63, 3.8) is 0 Å². The molecule has 2 aromatic heterocycles. The summed E-state index contributed by atoms with van der Waals surface area (Å²) >= 11 is 0. The van der Waals surface area contributed by atoms with Gasteiger partial charge in [-0.2, -0.15) is 10.1 Å². The molecular formula is C21H20N4O3. The normalized spacial score (nSPS) is 10.9. The Labute approximate surface area is 162 Å². The first kappa shape index (κ1) is 17.8. The molecule has 0 aliphatic heterocycles.